The van der Waals surface area contributed by atoms with E-state index in [2.05, 4.69) is 10.0 Å². The van der Waals surface area contributed by atoms with Gasteiger partial charge in [0.25, 0.3) is 0 Å². The Morgan fingerprint density at radius 2 is 1.95 bits per heavy atom. The van der Waals surface area contributed by atoms with Crippen LogP contribution in [0.4, 0.5) is 4.79 Å². The van der Waals surface area contributed by atoms with Gasteiger partial charge in [0, 0.05) is 18.7 Å². The fourth-order valence-corrected chi connectivity index (χ4v) is 2.48. The topological polar surface area (TPSA) is 127 Å². The first kappa shape index (κ1) is 15.3. The summed E-state index contributed by atoms with van der Waals surface area (Å²) in [5.41, 5.74) is 10.8. The van der Waals surface area contributed by atoms with E-state index in [1.165, 1.54) is 12.1 Å². The summed E-state index contributed by atoms with van der Waals surface area (Å²) in [7, 11) is -3.67. The Labute approximate surface area is 116 Å². The Kier molecular flexibility index (Phi) is 5.21. The smallest absolute Gasteiger partial charge is 0.312 e. The molecule has 0 atom stereocenters. The molecule has 0 aromatic heterocycles. The summed E-state index contributed by atoms with van der Waals surface area (Å²) in [6, 6.07) is 5.26. The summed E-state index contributed by atoms with van der Waals surface area (Å²) in [5.74, 6) is 0. The SMILES string of the molecule is NC(=O)NCCNS(=O)(=O)c1cccc(C(N)=S)c1. The molecule has 0 saturated carbocycles. The van der Waals surface area contributed by atoms with E-state index in [0.717, 1.165) is 0 Å². The van der Waals surface area contributed by atoms with Crippen molar-refractivity contribution in [3.63, 3.8) is 0 Å². The summed E-state index contributed by atoms with van der Waals surface area (Å²) in [5, 5.41) is 2.27. The third-order valence-corrected chi connectivity index (χ3v) is 3.84. The van der Waals surface area contributed by atoms with Crippen LogP contribution >= 0.6 is 12.2 Å². The van der Waals surface area contributed by atoms with Gasteiger partial charge in [0.1, 0.15) is 4.99 Å². The lowest BCUT2D eigenvalue weighted by Crippen LogP contribution is -2.37. The number of carbonyl (C=O) groups excluding carboxylic acids is 1. The average Bonchev–Trinajstić information content (AvgIpc) is 2.34. The van der Waals surface area contributed by atoms with E-state index in [-0.39, 0.29) is 23.0 Å². The van der Waals surface area contributed by atoms with Crippen molar-refractivity contribution in [1.29, 1.82) is 0 Å². The predicted molar refractivity (Wildman–Crippen MR) is 75.1 cm³/mol. The van der Waals surface area contributed by atoms with Gasteiger partial charge in [-0.25, -0.2) is 17.9 Å². The van der Waals surface area contributed by atoms with E-state index < -0.39 is 16.1 Å². The minimum atomic E-state index is -3.67. The van der Waals surface area contributed by atoms with Crippen LogP contribution in [0.3, 0.4) is 0 Å². The van der Waals surface area contributed by atoms with Crippen LogP contribution in [-0.4, -0.2) is 32.5 Å². The second-order valence-electron chi connectivity index (χ2n) is 3.58. The number of nitrogens with two attached hydrogens (primary N) is 2. The zero-order chi connectivity index (χ0) is 14.5. The third kappa shape index (κ3) is 4.81. The summed E-state index contributed by atoms with van der Waals surface area (Å²) < 4.78 is 26.1. The molecule has 0 bridgehead atoms. The number of thiocarbonyl (C=S) groups is 1. The summed E-state index contributed by atoms with van der Waals surface area (Å²) in [6.07, 6.45) is 0. The number of carbonyl (C=O) groups is 1. The van der Waals surface area contributed by atoms with Gasteiger partial charge in [-0.2, -0.15) is 0 Å². The van der Waals surface area contributed by atoms with E-state index in [1.807, 2.05) is 0 Å². The molecule has 1 rings (SSSR count). The van der Waals surface area contributed by atoms with Gasteiger partial charge < -0.3 is 16.8 Å². The van der Waals surface area contributed by atoms with Gasteiger partial charge in [-0.3, -0.25) is 0 Å². The van der Waals surface area contributed by atoms with Gasteiger partial charge in [-0.15, -0.1) is 0 Å². The summed E-state index contributed by atoms with van der Waals surface area (Å²) in [6.45, 7) is 0.131. The van der Waals surface area contributed by atoms with Gasteiger partial charge in [-0.1, -0.05) is 24.4 Å². The molecule has 0 aliphatic rings. The molecule has 19 heavy (non-hydrogen) atoms. The highest BCUT2D eigenvalue weighted by molar-refractivity contribution is 7.89. The fraction of sp³-hybridized carbons (Fsp3) is 0.200. The van der Waals surface area contributed by atoms with Gasteiger partial charge in [0.15, 0.2) is 0 Å². The number of hydrogen-bond acceptors (Lipinski definition) is 4. The summed E-state index contributed by atoms with van der Waals surface area (Å²) >= 11 is 4.78. The largest absolute Gasteiger partial charge is 0.389 e. The highest BCUT2D eigenvalue weighted by atomic mass is 32.2. The van der Waals surface area contributed by atoms with Crippen LogP contribution in [0, 0.1) is 0 Å². The Morgan fingerprint density at radius 1 is 1.26 bits per heavy atom. The molecule has 0 radical (unpaired) electrons. The molecule has 0 aliphatic carbocycles. The Hall–Kier alpha value is -1.71. The summed E-state index contributed by atoms with van der Waals surface area (Å²) in [4.78, 5) is 10.6. The van der Waals surface area contributed by atoms with E-state index in [0.29, 0.717) is 5.56 Å². The van der Waals surface area contributed by atoms with Crippen LogP contribution in [0.1, 0.15) is 5.56 Å². The molecule has 7 nitrogen and oxygen atoms in total. The van der Waals surface area contributed by atoms with Crippen molar-refractivity contribution in [2.45, 2.75) is 4.90 Å². The van der Waals surface area contributed by atoms with Crippen LogP contribution in [0.2, 0.25) is 0 Å². The van der Waals surface area contributed by atoms with E-state index in [4.69, 9.17) is 23.7 Å². The molecule has 1 aromatic carbocycles. The van der Waals surface area contributed by atoms with Crippen molar-refractivity contribution in [3.8, 4) is 0 Å². The van der Waals surface area contributed by atoms with Crippen molar-refractivity contribution >= 4 is 33.3 Å². The number of primary amides is 1. The lowest BCUT2D eigenvalue weighted by atomic mass is 10.2. The maximum Gasteiger partial charge on any atom is 0.312 e. The third-order valence-electron chi connectivity index (χ3n) is 2.15. The van der Waals surface area contributed by atoms with Crippen molar-refractivity contribution < 1.29 is 13.2 Å². The molecular formula is C10H14N4O3S2. The number of nitrogens with one attached hydrogen (secondary N) is 2. The monoisotopic (exact) mass is 302 g/mol. The molecule has 0 unspecified atom stereocenters. The van der Waals surface area contributed by atoms with Crippen LogP contribution < -0.4 is 21.5 Å². The molecule has 9 heteroatoms. The molecule has 0 saturated heterocycles. The molecular weight excluding hydrogens is 288 g/mol. The minimum absolute atomic E-state index is 0.0303. The Morgan fingerprint density at radius 3 is 2.53 bits per heavy atom. The van der Waals surface area contributed by atoms with E-state index in [9.17, 15) is 13.2 Å². The molecule has 6 N–H and O–H groups in total. The zero-order valence-electron chi connectivity index (χ0n) is 9.92. The van der Waals surface area contributed by atoms with Gasteiger partial charge in [0.2, 0.25) is 10.0 Å². The maximum absolute atomic E-state index is 11.9. The molecule has 104 valence electrons. The molecule has 2 amide bonds. The number of amides is 2. The van der Waals surface area contributed by atoms with Crippen molar-refractivity contribution in [3.05, 3.63) is 29.8 Å². The van der Waals surface area contributed by atoms with Gasteiger partial charge in [-0.05, 0) is 12.1 Å². The predicted octanol–water partition coefficient (Wildman–Crippen LogP) is -0.733. The first-order valence-corrected chi connectivity index (χ1v) is 7.15. The van der Waals surface area contributed by atoms with Crippen LogP contribution in [0.25, 0.3) is 0 Å². The number of sulfonamides is 1. The first-order chi connectivity index (χ1) is 8.83. The lowest BCUT2D eigenvalue weighted by molar-refractivity contribution is 0.249. The molecule has 1 aromatic rings. The average molecular weight is 302 g/mol. The van der Waals surface area contributed by atoms with Gasteiger partial charge >= 0.3 is 6.03 Å². The molecule has 0 aliphatic heterocycles. The molecule has 0 fully saturated rings. The van der Waals surface area contributed by atoms with Crippen LogP contribution in [0.5, 0.6) is 0 Å². The molecule has 0 heterocycles. The van der Waals surface area contributed by atoms with Crippen LogP contribution in [0.15, 0.2) is 29.2 Å². The highest BCUT2D eigenvalue weighted by Gasteiger charge is 2.14. The number of rotatable bonds is 6. The van der Waals surface area contributed by atoms with Crippen molar-refractivity contribution in [2.24, 2.45) is 11.5 Å². The van der Waals surface area contributed by atoms with Crippen molar-refractivity contribution in [1.82, 2.24) is 10.0 Å². The maximum atomic E-state index is 11.9. The Balaban J connectivity index is 2.74. The van der Waals surface area contributed by atoms with E-state index in [1.54, 1.807) is 12.1 Å². The van der Waals surface area contributed by atoms with Crippen molar-refractivity contribution in [2.75, 3.05) is 13.1 Å². The second-order valence-corrected chi connectivity index (χ2v) is 5.79. The zero-order valence-corrected chi connectivity index (χ0v) is 11.6. The van der Waals surface area contributed by atoms with E-state index >= 15 is 0 Å². The second kappa shape index (κ2) is 6.45. The quantitative estimate of drug-likeness (QED) is 0.407. The van der Waals surface area contributed by atoms with Crippen LogP contribution in [-0.2, 0) is 10.0 Å². The number of urea groups is 1. The highest BCUT2D eigenvalue weighted by Crippen LogP contribution is 2.11. The fourth-order valence-electron chi connectivity index (χ4n) is 1.27. The van der Waals surface area contributed by atoms with Gasteiger partial charge in [0.05, 0.1) is 4.90 Å². The number of benzene rings is 1. The standard InChI is InChI=1S/C10H14N4O3S2/c11-9(18)7-2-1-3-8(6-7)19(16,17)14-5-4-13-10(12)15/h1-3,6,14H,4-5H2,(H2,11,18)(H3,12,13,15). The Bertz CT molecular complexity index is 586. The molecule has 0 spiro atoms. The lowest BCUT2D eigenvalue weighted by Gasteiger charge is -2.08. The number of hydrogen-bond donors (Lipinski definition) is 4. The normalized spacial score (nSPS) is 10.9. The first-order valence-electron chi connectivity index (χ1n) is 5.26. The minimum Gasteiger partial charge on any atom is -0.389 e.